The van der Waals surface area contributed by atoms with Gasteiger partial charge in [-0.1, -0.05) is 35.9 Å². The second-order valence-electron chi connectivity index (χ2n) is 7.42. The van der Waals surface area contributed by atoms with E-state index in [0.29, 0.717) is 5.88 Å². The average Bonchev–Trinajstić information content (AvgIpc) is 3.10. The number of aryl methyl sites for hydroxylation is 1. The summed E-state index contributed by atoms with van der Waals surface area (Å²) in [6.07, 6.45) is 3.82. The van der Waals surface area contributed by atoms with Crippen molar-refractivity contribution in [3.05, 3.63) is 72.6 Å². The lowest BCUT2D eigenvalue weighted by molar-refractivity contribution is 0.398. The van der Waals surface area contributed by atoms with Crippen LogP contribution >= 0.6 is 0 Å². The van der Waals surface area contributed by atoms with Gasteiger partial charge in [0.15, 0.2) is 0 Å². The Balaban J connectivity index is 1.69. The fourth-order valence-electron chi connectivity index (χ4n) is 3.96. The molecule has 0 aliphatic carbocycles. The SMILES string of the molecule is COc1ccc(N2CN(C)c3cnc4ccc(-c5cccc(C)c5)cc4c32)cn1. The molecule has 2 aromatic heterocycles. The molecule has 5 heteroatoms. The Kier molecular flexibility index (Phi) is 4.09. The zero-order valence-corrected chi connectivity index (χ0v) is 16.8. The molecule has 0 atom stereocenters. The Morgan fingerprint density at radius 2 is 1.79 bits per heavy atom. The van der Waals surface area contributed by atoms with Gasteiger partial charge in [0, 0.05) is 18.5 Å². The summed E-state index contributed by atoms with van der Waals surface area (Å²) in [5, 5.41) is 1.14. The summed E-state index contributed by atoms with van der Waals surface area (Å²) in [4.78, 5) is 13.6. The third kappa shape index (κ3) is 2.95. The fourth-order valence-corrected chi connectivity index (χ4v) is 3.96. The van der Waals surface area contributed by atoms with Crippen molar-refractivity contribution in [3.8, 4) is 17.0 Å². The van der Waals surface area contributed by atoms with E-state index in [2.05, 4.69) is 71.2 Å². The van der Waals surface area contributed by atoms with Crippen molar-refractivity contribution in [2.45, 2.75) is 6.92 Å². The Hall–Kier alpha value is -3.60. The number of anilines is 3. The summed E-state index contributed by atoms with van der Waals surface area (Å²) in [5.41, 5.74) is 7.97. The zero-order valence-electron chi connectivity index (χ0n) is 16.8. The maximum atomic E-state index is 5.22. The maximum absolute atomic E-state index is 5.22. The number of ether oxygens (including phenoxy) is 1. The van der Waals surface area contributed by atoms with Crippen LogP contribution in [0.3, 0.4) is 0 Å². The number of fused-ring (bicyclic) bond motifs is 3. The molecule has 0 fully saturated rings. The van der Waals surface area contributed by atoms with Gasteiger partial charge in [0.2, 0.25) is 5.88 Å². The number of benzene rings is 2. The molecule has 2 aromatic carbocycles. The molecule has 5 nitrogen and oxygen atoms in total. The van der Waals surface area contributed by atoms with E-state index in [1.165, 1.54) is 22.4 Å². The number of nitrogens with zero attached hydrogens (tertiary/aromatic N) is 4. The van der Waals surface area contributed by atoms with E-state index < -0.39 is 0 Å². The lowest BCUT2D eigenvalue weighted by atomic mass is 10.0. The molecule has 0 N–H and O–H groups in total. The first-order valence-electron chi connectivity index (χ1n) is 9.62. The van der Waals surface area contributed by atoms with Gasteiger partial charge in [-0.2, -0.15) is 0 Å². The van der Waals surface area contributed by atoms with E-state index >= 15 is 0 Å². The quantitative estimate of drug-likeness (QED) is 0.490. The highest BCUT2D eigenvalue weighted by molar-refractivity contribution is 6.04. The van der Waals surface area contributed by atoms with Crippen molar-refractivity contribution in [1.82, 2.24) is 9.97 Å². The predicted molar refractivity (Wildman–Crippen MR) is 118 cm³/mol. The van der Waals surface area contributed by atoms with Crippen molar-refractivity contribution < 1.29 is 4.74 Å². The molecule has 0 bridgehead atoms. The van der Waals surface area contributed by atoms with Gasteiger partial charge in [0.1, 0.15) is 0 Å². The monoisotopic (exact) mass is 382 g/mol. The van der Waals surface area contributed by atoms with Gasteiger partial charge in [0.05, 0.1) is 48.8 Å². The smallest absolute Gasteiger partial charge is 0.213 e. The minimum absolute atomic E-state index is 0.614. The second-order valence-corrected chi connectivity index (χ2v) is 7.42. The van der Waals surface area contributed by atoms with E-state index in [0.717, 1.165) is 28.9 Å². The molecular weight excluding hydrogens is 360 g/mol. The Morgan fingerprint density at radius 1 is 0.931 bits per heavy atom. The summed E-state index contributed by atoms with van der Waals surface area (Å²) in [6, 6.07) is 19.0. The van der Waals surface area contributed by atoms with Crippen LogP contribution in [0.4, 0.5) is 17.1 Å². The normalized spacial score (nSPS) is 13.1. The Bertz CT molecular complexity index is 1200. The Labute approximate surface area is 170 Å². The molecule has 0 saturated heterocycles. The largest absolute Gasteiger partial charge is 0.481 e. The number of aromatic nitrogens is 2. The maximum Gasteiger partial charge on any atom is 0.213 e. The van der Waals surface area contributed by atoms with Gasteiger partial charge >= 0.3 is 0 Å². The van der Waals surface area contributed by atoms with Crippen LogP contribution in [0.1, 0.15) is 5.56 Å². The topological polar surface area (TPSA) is 41.5 Å². The minimum atomic E-state index is 0.614. The lowest BCUT2D eigenvalue weighted by Gasteiger charge is -2.20. The van der Waals surface area contributed by atoms with Gasteiger partial charge in [0.25, 0.3) is 0 Å². The third-order valence-corrected chi connectivity index (χ3v) is 5.45. The summed E-state index contributed by atoms with van der Waals surface area (Å²) in [5.74, 6) is 0.614. The zero-order chi connectivity index (χ0) is 20.0. The summed E-state index contributed by atoms with van der Waals surface area (Å²) < 4.78 is 5.22. The molecule has 5 rings (SSSR count). The van der Waals surface area contributed by atoms with Crippen LogP contribution in [0, 0.1) is 6.92 Å². The molecular formula is C24H22N4O. The van der Waals surface area contributed by atoms with E-state index in [-0.39, 0.29) is 0 Å². The molecule has 29 heavy (non-hydrogen) atoms. The molecule has 1 aliphatic heterocycles. The van der Waals surface area contributed by atoms with Gasteiger partial charge in [-0.15, -0.1) is 0 Å². The van der Waals surface area contributed by atoms with E-state index in [1.54, 1.807) is 7.11 Å². The first kappa shape index (κ1) is 17.5. The van der Waals surface area contributed by atoms with Crippen molar-refractivity contribution >= 4 is 28.0 Å². The molecule has 3 heterocycles. The van der Waals surface area contributed by atoms with Crippen molar-refractivity contribution in [2.24, 2.45) is 0 Å². The predicted octanol–water partition coefficient (Wildman–Crippen LogP) is 5.16. The van der Waals surface area contributed by atoms with Crippen LogP contribution in [-0.2, 0) is 0 Å². The minimum Gasteiger partial charge on any atom is -0.481 e. The second kappa shape index (κ2) is 6.78. The number of pyridine rings is 2. The Morgan fingerprint density at radius 3 is 2.55 bits per heavy atom. The molecule has 0 spiro atoms. The van der Waals surface area contributed by atoms with Gasteiger partial charge in [-0.25, -0.2) is 4.98 Å². The molecule has 0 radical (unpaired) electrons. The third-order valence-electron chi connectivity index (χ3n) is 5.45. The standard InChI is InChI=1S/C24H22N4O/c1-16-5-4-6-17(11-16)18-7-9-21-20(12-18)24-22(14-25-21)27(2)15-28(24)19-8-10-23(29-3)26-13-19/h4-14H,15H2,1-3H3. The number of hydrogen-bond acceptors (Lipinski definition) is 5. The molecule has 1 aliphatic rings. The van der Waals surface area contributed by atoms with Crippen LogP contribution in [-0.4, -0.2) is 30.8 Å². The number of hydrogen-bond donors (Lipinski definition) is 0. The van der Waals surface area contributed by atoms with Gasteiger partial charge in [-0.05, 0) is 36.2 Å². The molecule has 144 valence electrons. The van der Waals surface area contributed by atoms with Crippen LogP contribution in [0.15, 0.2) is 67.0 Å². The van der Waals surface area contributed by atoms with Crippen molar-refractivity contribution in [1.29, 1.82) is 0 Å². The van der Waals surface area contributed by atoms with E-state index in [1.807, 2.05) is 24.5 Å². The average molecular weight is 382 g/mol. The summed E-state index contributed by atoms with van der Waals surface area (Å²) >= 11 is 0. The first-order chi connectivity index (χ1) is 14.1. The van der Waals surface area contributed by atoms with Crippen molar-refractivity contribution in [3.63, 3.8) is 0 Å². The first-order valence-corrected chi connectivity index (χ1v) is 9.62. The fraction of sp³-hybridized carbons (Fsp3) is 0.167. The summed E-state index contributed by atoms with van der Waals surface area (Å²) in [6.45, 7) is 2.87. The van der Waals surface area contributed by atoms with Gasteiger partial charge < -0.3 is 14.5 Å². The number of methoxy groups -OCH3 is 1. The number of rotatable bonds is 3. The van der Waals surface area contributed by atoms with Crippen LogP contribution in [0.2, 0.25) is 0 Å². The van der Waals surface area contributed by atoms with Gasteiger partial charge in [-0.3, -0.25) is 4.98 Å². The van der Waals surface area contributed by atoms with E-state index in [9.17, 15) is 0 Å². The van der Waals surface area contributed by atoms with Crippen molar-refractivity contribution in [2.75, 3.05) is 30.6 Å². The summed E-state index contributed by atoms with van der Waals surface area (Å²) in [7, 11) is 3.72. The molecule has 0 unspecified atom stereocenters. The van der Waals surface area contributed by atoms with Crippen LogP contribution in [0.25, 0.3) is 22.0 Å². The highest BCUT2D eigenvalue weighted by atomic mass is 16.5. The highest BCUT2D eigenvalue weighted by Crippen LogP contribution is 2.44. The highest BCUT2D eigenvalue weighted by Gasteiger charge is 2.27. The molecule has 0 saturated carbocycles. The lowest BCUT2D eigenvalue weighted by Crippen LogP contribution is -2.24. The van der Waals surface area contributed by atoms with E-state index in [4.69, 9.17) is 9.72 Å². The molecule has 4 aromatic rings. The van der Waals surface area contributed by atoms with Crippen LogP contribution in [0.5, 0.6) is 5.88 Å². The van der Waals surface area contributed by atoms with Crippen LogP contribution < -0.4 is 14.5 Å². The molecule has 0 amide bonds.